The molecule has 0 saturated heterocycles. The van der Waals surface area contributed by atoms with E-state index in [1.54, 1.807) is 9.80 Å². The average molecular weight is 417 g/mol. The molecule has 0 aromatic heterocycles. The summed E-state index contributed by atoms with van der Waals surface area (Å²) in [6, 6.07) is 9.54. The first-order valence-corrected chi connectivity index (χ1v) is 10.9. The van der Waals surface area contributed by atoms with E-state index in [1.165, 1.54) is 18.4 Å². The molecule has 0 radical (unpaired) electrons. The Hall–Kier alpha value is -2.94. The lowest BCUT2D eigenvalue weighted by Gasteiger charge is -2.28. The smallest absolute Gasteiger partial charge is 0.340 e. The van der Waals surface area contributed by atoms with Crippen molar-refractivity contribution in [3.8, 4) is 0 Å². The number of carbonyl (C=O) groups excluding carboxylic acids is 2. The van der Waals surface area contributed by atoms with Crippen LogP contribution in [0.25, 0.3) is 0 Å². The maximum atomic E-state index is 12.6. The van der Waals surface area contributed by atoms with E-state index >= 15 is 0 Å². The van der Waals surface area contributed by atoms with Crippen molar-refractivity contribution in [1.29, 1.82) is 0 Å². The van der Waals surface area contributed by atoms with E-state index in [4.69, 9.17) is 4.74 Å². The summed E-state index contributed by atoms with van der Waals surface area (Å²) >= 11 is 0. The monoisotopic (exact) mass is 417 g/mol. The van der Waals surface area contributed by atoms with Gasteiger partial charge in [0.25, 0.3) is 15.9 Å². The van der Waals surface area contributed by atoms with Crippen LogP contribution in [0.15, 0.2) is 58.7 Å². The second-order valence-corrected chi connectivity index (χ2v) is 8.78. The molecule has 0 aliphatic carbocycles. The number of amides is 1. The van der Waals surface area contributed by atoms with E-state index in [-0.39, 0.29) is 42.3 Å². The van der Waals surface area contributed by atoms with Crippen LogP contribution in [0, 0.1) is 0 Å². The molecule has 0 bridgehead atoms. The van der Waals surface area contributed by atoms with Crippen molar-refractivity contribution in [1.82, 2.24) is 9.80 Å². The molecular weight excluding hydrogens is 394 g/mol. The number of carbonyl (C=O) groups is 2. The molecule has 3 rings (SSSR count). The topological polar surface area (TPSA) is 96.4 Å². The zero-order valence-electron chi connectivity index (χ0n) is 16.3. The summed E-state index contributed by atoms with van der Waals surface area (Å²) in [5.74, 6) is -0.795. The fraction of sp³-hybridized carbons (Fsp3) is 0.350. The van der Waals surface area contributed by atoms with Gasteiger partial charge in [0, 0.05) is 25.3 Å². The van der Waals surface area contributed by atoms with Crippen LogP contribution >= 0.6 is 0 Å². The van der Waals surface area contributed by atoms with Gasteiger partial charge in [-0.2, -0.15) is 0 Å². The maximum absolute atomic E-state index is 12.6. The highest BCUT2D eigenvalue weighted by atomic mass is 32.2. The Labute approximate surface area is 170 Å². The van der Waals surface area contributed by atoms with Crippen molar-refractivity contribution in [2.75, 3.05) is 18.9 Å². The molecule has 9 heteroatoms. The number of amidine groups is 1. The Balaban J connectivity index is 1.60. The summed E-state index contributed by atoms with van der Waals surface area (Å²) in [5.41, 5.74) is 1.22. The van der Waals surface area contributed by atoms with Gasteiger partial charge in [0.15, 0.2) is 6.61 Å². The predicted octanol–water partition coefficient (Wildman–Crippen LogP) is 1.46. The molecule has 1 aromatic rings. The summed E-state index contributed by atoms with van der Waals surface area (Å²) in [6.07, 6.45) is 4.38. The number of nitrogens with zero attached hydrogens (tertiary/aromatic N) is 3. The van der Waals surface area contributed by atoms with Crippen LogP contribution in [0.4, 0.5) is 0 Å². The van der Waals surface area contributed by atoms with Crippen molar-refractivity contribution in [2.24, 2.45) is 4.40 Å². The minimum atomic E-state index is -3.46. The first kappa shape index (κ1) is 20.8. The van der Waals surface area contributed by atoms with Crippen molar-refractivity contribution in [3.63, 3.8) is 0 Å². The van der Waals surface area contributed by atoms with E-state index in [9.17, 15) is 18.0 Å². The minimum Gasteiger partial charge on any atom is -0.452 e. The van der Waals surface area contributed by atoms with Crippen LogP contribution in [0.2, 0.25) is 0 Å². The zero-order chi connectivity index (χ0) is 21.0. The molecular formula is C20H23N3O5S. The van der Waals surface area contributed by atoms with Crippen molar-refractivity contribution >= 4 is 27.7 Å². The molecule has 1 amide bonds. The SMILES string of the molecule is CC(C)N(Cc1ccccc1)C(=O)COC(=O)C1=CN2CCS(=O)(=O)N=C2C=C1. The summed E-state index contributed by atoms with van der Waals surface area (Å²) in [5, 5.41) is 0. The average Bonchev–Trinajstić information content (AvgIpc) is 2.69. The van der Waals surface area contributed by atoms with Gasteiger partial charge < -0.3 is 14.5 Å². The number of esters is 1. The highest BCUT2D eigenvalue weighted by Crippen LogP contribution is 2.17. The van der Waals surface area contributed by atoms with Gasteiger partial charge in [-0.05, 0) is 31.6 Å². The second kappa shape index (κ2) is 8.60. The molecule has 0 spiro atoms. The Morgan fingerprint density at radius 1 is 1.21 bits per heavy atom. The van der Waals surface area contributed by atoms with Gasteiger partial charge in [-0.25, -0.2) is 13.2 Å². The molecule has 2 heterocycles. The third-order valence-corrected chi connectivity index (χ3v) is 5.69. The first-order valence-electron chi connectivity index (χ1n) is 9.25. The van der Waals surface area contributed by atoms with Crippen molar-refractivity contribution in [3.05, 3.63) is 59.8 Å². The van der Waals surface area contributed by atoms with Gasteiger partial charge in [0.05, 0.1) is 11.3 Å². The molecule has 1 aromatic carbocycles. The van der Waals surface area contributed by atoms with E-state index in [0.29, 0.717) is 6.54 Å². The largest absolute Gasteiger partial charge is 0.452 e. The maximum Gasteiger partial charge on any atom is 0.340 e. The first-order chi connectivity index (χ1) is 13.7. The van der Waals surface area contributed by atoms with Gasteiger partial charge in [-0.15, -0.1) is 4.40 Å². The van der Waals surface area contributed by atoms with Crippen LogP contribution in [-0.4, -0.2) is 60.9 Å². The third-order valence-electron chi connectivity index (χ3n) is 4.53. The molecule has 0 unspecified atom stereocenters. The van der Waals surface area contributed by atoms with E-state index < -0.39 is 16.0 Å². The van der Waals surface area contributed by atoms with Gasteiger partial charge in [-0.1, -0.05) is 30.3 Å². The molecule has 0 fully saturated rings. The lowest BCUT2D eigenvalue weighted by Crippen LogP contribution is -2.39. The van der Waals surface area contributed by atoms with Gasteiger partial charge in [0.2, 0.25) is 0 Å². The molecule has 2 aliphatic rings. The van der Waals surface area contributed by atoms with Gasteiger partial charge >= 0.3 is 5.97 Å². The molecule has 0 saturated carbocycles. The number of hydrogen-bond acceptors (Lipinski definition) is 6. The summed E-state index contributed by atoms with van der Waals surface area (Å²) in [6.45, 7) is 4.07. The van der Waals surface area contributed by atoms with Crippen LogP contribution in [0.5, 0.6) is 0 Å². The Morgan fingerprint density at radius 3 is 2.62 bits per heavy atom. The number of hydrogen-bond donors (Lipinski definition) is 0. The molecule has 0 atom stereocenters. The van der Waals surface area contributed by atoms with Crippen molar-refractivity contribution < 1.29 is 22.7 Å². The van der Waals surface area contributed by atoms with Crippen LogP contribution in [-0.2, 0) is 30.9 Å². The standard InChI is InChI=1S/C20H23N3O5S/c1-15(2)23(12-16-6-4-3-5-7-16)19(24)14-28-20(25)17-8-9-18-21-29(26,27)11-10-22(18)13-17/h3-9,13,15H,10-12,14H2,1-2H3. The number of ether oxygens (including phenoxy) is 1. The third kappa shape index (κ3) is 5.32. The molecule has 154 valence electrons. The van der Waals surface area contributed by atoms with Crippen molar-refractivity contribution in [2.45, 2.75) is 26.4 Å². The summed E-state index contributed by atoms with van der Waals surface area (Å²) < 4.78 is 31.9. The van der Waals surface area contributed by atoms with Crippen LogP contribution in [0.3, 0.4) is 0 Å². The lowest BCUT2D eigenvalue weighted by molar-refractivity contribution is -0.150. The predicted molar refractivity (Wildman–Crippen MR) is 108 cm³/mol. The molecule has 8 nitrogen and oxygen atoms in total. The lowest BCUT2D eigenvalue weighted by atomic mass is 10.2. The van der Waals surface area contributed by atoms with Crippen LogP contribution in [0.1, 0.15) is 19.4 Å². The Kier molecular flexibility index (Phi) is 6.17. The zero-order valence-corrected chi connectivity index (χ0v) is 17.1. The number of fused-ring (bicyclic) bond motifs is 1. The Morgan fingerprint density at radius 2 is 1.93 bits per heavy atom. The van der Waals surface area contributed by atoms with E-state index in [1.807, 2.05) is 44.2 Å². The number of rotatable bonds is 6. The highest BCUT2D eigenvalue weighted by Gasteiger charge is 2.26. The summed E-state index contributed by atoms with van der Waals surface area (Å²) in [7, 11) is -3.46. The quantitative estimate of drug-likeness (QED) is 0.651. The number of benzene rings is 1. The molecule has 2 aliphatic heterocycles. The highest BCUT2D eigenvalue weighted by molar-refractivity contribution is 7.90. The fourth-order valence-electron chi connectivity index (χ4n) is 2.95. The van der Waals surface area contributed by atoms with Gasteiger partial charge in [-0.3, -0.25) is 4.79 Å². The minimum absolute atomic E-state index is 0.0516. The molecule has 29 heavy (non-hydrogen) atoms. The van der Waals surface area contributed by atoms with E-state index in [0.717, 1.165) is 5.56 Å². The van der Waals surface area contributed by atoms with Crippen LogP contribution < -0.4 is 0 Å². The number of sulfonamides is 1. The Bertz CT molecular complexity index is 981. The summed E-state index contributed by atoms with van der Waals surface area (Å²) in [4.78, 5) is 28.2. The fourth-order valence-corrected chi connectivity index (χ4v) is 3.92. The second-order valence-electron chi connectivity index (χ2n) is 7.02. The normalized spacial score (nSPS) is 17.3. The molecule has 0 N–H and O–H groups in total. The van der Waals surface area contributed by atoms with Gasteiger partial charge in [0.1, 0.15) is 5.84 Å². The van der Waals surface area contributed by atoms with E-state index in [2.05, 4.69) is 4.40 Å².